The summed E-state index contributed by atoms with van der Waals surface area (Å²) >= 11 is 0. The fourth-order valence-corrected chi connectivity index (χ4v) is 3.78. The van der Waals surface area contributed by atoms with Gasteiger partial charge >= 0.3 is 0 Å². The van der Waals surface area contributed by atoms with Crippen molar-refractivity contribution in [2.75, 3.05) is 13.1 Å². The SMILES string of the molecule is C1=CC(CNC2CCCC2)(CNC2CCCC2)C=C1. The van der Waals surface area contributed by atoms with Gasteiger partial charge in [0.05, 0.1) is 0 Å². The molecular weight excluding hydrogens is 232 g/mol. The summed E-state index contributed by atoms with van der Waals surface area (Å²) in [5, 5.41) is 7.59. The molecule has 0 unspecified atom stereocenters. The molecule has 2 N–H and O–H groups in total. The lowest BCUT2D eigenvalue weighted by Crippen LogP contribution is -2.44. The third-order valence-corrected chi connectivity index (χ3v) is 5.12. The van der Waals surface area contributed by atoms with Crippen LogP contribution in [-0.4, -0.2) is 25.2 Å². The zero-order chi connectivity index (χ0) is 13.0. The highest BCUT2D eigenvalue weighted by molar-refractivity contribution is 5.26. The van der Waals surface area contributed by atoms with Crippen molar-refractivity contribution in [1.29, 1.82) is 0 Å². The van der Waals surface area contributed by atoms with Crippen LogP contribution in [-0.2, 0) is 0 Å². The molecule has 0 aliphatic heterocycles. The molecule has 0 spiro atoms. The average Bonchev–Trinajstić information content (AvgIpc) is 3.17. The molecule has 3 rings (SSSR count). The first-order valence-corrected chi connectivity index (χ1v) is 8.20. The highest BCUT2D eigenvalue weighted by atomic mass is 15.0. The first-order valence-electron chi connectivity index (χ1n) is 8.20. The van der Waals surface area contributed by atoms with E-state index in [4.69, 9.17) is 0 Å². The summed E-state index contributed by atoms with van der Waals surface area (Å²) in [6.07, 6.45) is 20.4. The number of rotatable bonds is 6. The molecule has 2 saturated carbocycles. The predicted molar refractivity (Wildman–Crippen MR) is 81.2 cm³/mol. The Morgan fingerprint density at radius 2 is 1.16 bits per heavy atom. The minimum Gasteiger partial charge on any atom is -0.313 e. The Hall–Kier alpha value is -0.600. The second-order valence-corrected chi connectivity index (χ2v) is 6.68. The van der Waals surface area contributed by atoms with Gasteiger partial charge in [-0.2, -0.15) is 0 Å². The van der Waals surface area contributed by atoms with E-state index in [-0.39, 0.29) is 5.41 Å². The molecule has 0 aromatic carbocycles. The van der Waals surface area contributed by atoms with Crippen molar-refractivity contribution >= 4 is 0 Å². The molecule has 3 aliphatic carbocycles. The van der Waals surface area contributed by atoms with E-state index in [2.05, 4.69) is 34.9 Å². The number of allylic oxidation sites excluding steroid dienone is 2. The summed E-state index contributed by atoms with van der Waals surface area (Å²) in [6, 6.07) is 1.54. The van der Waals surface area contributed by atoms with Crippen LogP contribution < -0.4 is 10.6 Å². The van der Waals surface area contributed by atoms with Gasteiger partial charge in [0, 0.05) is 30.6 Å². The molecule has 0 heterocycles. The fourth-order valence-electron chi connectivity index (χ4n) is 3.78. The second-order valence-electron chi connectivity index (χ2n) is 6.68. The van der Waals surface area contributed by atoms with Gasteiger partial charge in [0.2, 0.25) is 0 Å². The van der Waals surface area contributed by atoms with Crippen molar-refractivity contribution in [1.82, 2.24) is 10.6 Å². The van der Waals surface area contributed by atoms with E-state index >= 15 is 0 Å². The first kappa shape index (κ1) is 13.4. The summed E-state index contributed by atoms with van der Waals surface area (Å²) in [5.74, 6) is 0. The Balaban J connectivity index is 1.49. The van der Waals surface area contributed by atoms with E-state index in [0.29, 0.717) is 0 Å². The van der Waals surface area contributed by atoms with Crippen molar-refractivity contribution in [2.45, 2.75) is 63.5 Å². The van der Waals surface area contributed by atoms with E-state index in [1.807, 2.05) is 0 Å². The lowest BCUT2D eigenvalue weighted by molar-refractivity contribution is 0.363. The number of hydrogen-bond acceptors (Lipinski definition) is 2. The van der Waals surface area contributed by atoms with E-state index in [0.717, 1.165) is 25.2 Å². The molecule has 0 saturated heterocycles. The van der Waals surface area contributed by atoms with Crippen LogP contribution in [0.25, 0.3) is 0 Å². The molecular formula is C17H28N2. The molecule has 19 heavy (non-hydrogen) atoms. The van der Waals surface area contributed by atoms with Crippen molar-refractivity contribution in [3.8, 4) is 0 Å². The zero-order valence-corrected chi connectivity index (χ0v) is 12.0. The fraction of sp³-hybridized carbons (Fsp3) is 0.765. The van der Waals surface area contributed by atoms with Gasteiger partial charge in [-0.05, 0) is 25.7 Å². The van der Waals surface area contributed by atoms with E-state index < -0.39 is 0 Å². The molecule has 3 aliphatic rings. The quantitative estimate of drug-likeness (QED) is 0.766. The molecule has 0 amide bonds. The van der Waals surface area contributed by atoms with E-state index in [1.165, 1.54) is 51.4 Å². The molecule has 2 fully saturated rings. The highest BCUT2D eigenvalue weighted by Gasteiger charge is 2.29. The Morgan fingerprint density at radius 3 is 1.58 bits per heavy atom. The van der Waals surface area contributed by atoms with E-state index in [9.17, 15) is 0 Å². The summed E-state index contributed by atoms with van der Waals surface area (Å²) in [6.45, 7) is 2.20. The van der Waals surface area contributed by atoms with Crippen LogP contribution in [0.5, 0.6) is 0 Å². The van der Waals surface area contributed by atoms with Gasteiger partial charge in [-0.15, -0.1) is 0 Å². The molecule has 0 bridgehead atoms. The molecule has 0 atom stereocenters. The van der Waals surface area contributed by atoms with Gasteiger partial charge in [0.15, 0.2) is 0 Å². The monoisotopic (exact) mass is 260 g/mol. The highest BCUT2D eigenvalue weighted by Crippen LogP contribution is 2.27. The molecule has 2 heteroatoms. The second kappa shape index (κ2) is 6.23. The van der Waals surface area contributed by atoms with E-state index in [1.54, 1.807) is 0 Å². The summed E-state index contributed by atoms with van der Waals surface area (Å²) in [4.78, 5) is 0. The molecule has 106 valence electrons. The predicted octanol–water partition coefficient (Wildman–Crippen LogP) is 3.16. The molecule has 0 aromatic heterocycles. The minimum atomic E-state index is 0.227. The van der Waals surface area contributed by atoms with Crippen LogP contribution in [0.2, 0.25) is 0 Å². The maximum atomic E-state index is 3.80. The molecule has 0 radical (unpaired) electrons. The third kappa shape index (κ3) is 3.49. The van der Waals surface area contributed by atoms with Gasteiger partial charge in [0.1, 0.15) is 0 Å². The normalized spacial score (nSPS) is 26.7. The number of hydrogen-bond donors (Lipinski definition) is 2. The summed E-state index contributed by atoms with van der Waals surface area (Å²) < 4.78 is 0. The topological polar surface area (TPSA) is 24.1 Å². The Morgan fingerprint density at radius 1 is 0.737 bits per heavy atom. The largest absolute Gasteiger partial charge is 0.313 e. The van der Waals surface area contributed by atoms with Crippen LogP contribution in [0.3, 0.4) is 0 Å². The third-order valence-electron chi connectivity index (χ3n) is 5.12. The first-order chi connectivity index (χ1) is 9.36. The maximum absolute atomic E-state index is 3.80. The molecule has 2 nitrogen and oxygen atoms in total. The van der Waals surface area contributed by atoms with Gasteiger partial charge in [0.25, 0.3) is 0 Å². The molecule has 0 aromatic rings. The Labute approximate surface area is 117 Å². The Kier molecular flexibility index (Phi) is 4.39. The van der Waals surface area contributed by atoms with Gasteiger partial charge in [-0.3, -0.25) is 0 Å². The standard InChI is InChI=1S/C17H28N2/c1-2-8-15(7-1)18-13-17(11-5-6-12-17)14-19-16-9-3-4-10-16/h5-6,11-12,15-16,18-19H,1-4,7-10,13-14H2. The van der Waals surface area contributed by atoms with Gasteiger partial charge in [-0.25, -0.2) is 0 Å². The maximum Gasteiger partial charge on any atom is 0.0317 e. The van der Waals surface area contributed by atoms with Crippen molar-refractivity contribution < 1.29 is 0 Å². The smallest absolute Gasteiger partial charge is 0.0317 e. The number of nitrogens with one attached hydrogen (secondary N) is 2. The van der Waals surface area contributed by atoms with Gasteiger partial charge < -0.3 is 10.6 Å². The van der Waals surface area contributed by atoms with Crippen molar-refractivity contribution in [2.24, 2.45) is 5.41 Å². The Bertz CT molecular complexity index is 299. The van der Waals surface area contributed by atoms with Crippen LogP contribution >= 0.6 is 0 Å². The summed E-state index contributed by atoms with van der Waals surface area (Å²) in [5.41, 5.74) is 0.227. The van der Waals surface area contributed by atoms with Crippen LogP contribution in [0.15, 0.2) is 24.3 Å². The van der Waals surface area contributed by atoms with Gasteiger partial charge in [-0.1, -0.05) is 50.0 Å². The van der Waals surface area contributed by atoms with Crippen LogP contribution in [0, 0.1) is 5.41 Å². The van der Waals surface area contributed by atoms with Crippen molar-refractivity contribution in [3.05, 3.63) is 24.3 Å². The van der Waals surface area contributed by atoms with Crippen LogP contribution in [0.1, 0.15) is 51.4 Å². The zero-order valence-electron chi connectivity index (χ0n) is 12.0. The summed E-state index contributed by atoms with van der Waals surface area (Å²) in [7, 11) is 0. The lowest BCUT2D eigenvalue weighted by Gasteiger charge is -2.29. The lowest BCUT2D eigenvalue weighted by atomic mass is 9.89. The average molecular weight is 260 g/mol. The van der Waals surface area contributed by atoms with Crippen LogP contribution in [0.4, 0.5) is 0 Å². The minimum absolute atomic E-state index is 0.227. The van der Waals surface area contributed by atoms with Crippen molar-refractivity contribution in [3.63, 3.8) is 0 Å².